The summed E-state index contributed by atoms with van der Waals surface area (Å²) in [5, 5.41) is 9.30. The Morgan fingerprint density at radius 3 is 2.87 bits per heavy atom. The van der Waals surface area contributed by atoms with Crippen molar-refractivity contribution in [3.63, 3.8) is 0 Å². The van der Waals surface area contributed by atoms with Gasteiger partial charge in [0.2, 0.25) is 0 Å². The van der Waals surface area contributed by atoms with Crippen molar-refractivity contribution in [1.82, 2.24) is 25.0 Å². The molecule has 2 unspecified atom stereocenters. The number of rotatable bonds is 6. The molecule has 1 N–H and O–H groups in total. The van der Waals surface area contributed by atoms with E-state index in [4.69, 9.17) is 16.3 Å². The van der Waals surface area contributed by atoms with E-state index in [1.165, 1.54) is 0 Å². The van der Waals surface area contributed by atoms with Crippen molar-refractivity contribution in [3.05, 3.63) is 60.8 Å². The Kier molecular flexibility index (Phi) is 5.96. The number of fused-ring (bicyclic) bond motifs is 1. The molecule has 2 heterocycles. The number of hydrogen-bond donors (Lipinski definition) is 1. The number of nitrogens with one attached hydrogen (secondary N) is 1. The number of hydrogen-bond acceptors (Lipinski definition) is 5. The fourth-order valence-electron chi connectivity index (χ4n) is 3.93. The number of nitrogens with zero attached hydrogens (tertiary/aromatic N) is 4. The molecule has 1 aliphatic carbocycles. The highest BCUT2D eigenvalue weighted by Gasteiger charge is 2.28. The average molecular weight is 397 g/mol. The molecule has 6 nitrogen and oxygen atoms in total. The van der Waals surface area contributed by atoms with Crippen LogP contribution in [0.2, 0.25) is 0 Å². The highest BCUT2D eigenvalue weighted by molar-refractivity contribution is 6.04. The van der Waals surface area contributed by atoms with E-state index in [-0.39, 0.29) is 0 Å². The molecule has 1 aliphatic rings. The van der Waals surface area contributed by atoms with E-state index in [9.17, 15) is 0 Å². The van der Waals surface area contributed by atoms with E-state index < -0.39 is 0 Å². The number of allylic oxidation sites excluding steroid dienone is 3. The van der Waals surface area contributed by atoms with E-state index >= 15 is 0 Å². The van der Waals surface area contributed by atoms with Gasteiger partial charge >= 0.3 is 0 Å². The largest absolute Gasteiger partial charge is 0.458 e. The smallest absolute Gasteiger partial charge is 0.182 e. The summed E-state index contributed by atoms with van der Waals surface area (Å²) in [6.07, 6.45) is 17.3. The molecular formula is C23H24BN5O. The summed E-state index contributed by atoms with van der Waals surface area (Å²) in [5.74, 6) is 3.91. The second kappa shape index (κ2) is 8.97. The van der Waals surface area contributed by atoms with Gasteiger partial charge < -0.3 is 9.96 Å². The molecule has 1 fully saturated rings. The van der Waals surface area contributed by atoms with Gasteiger partial charge in [-0.25, -0.2) is 14.6 Å². The Morgan fingerprint density at radius 1 is 1.33 bits per heavy atom. The predicted molar refractivity (Wildman–Crippen MR) is 121 cm³/mol. The molecular weight excluding hydrogens is 373 g/mol. The van der Waals surface area contributed by atoms with Crippen molar-refractivity contribution < 1.29 is 4.74 Å². The lowest BCUT2D eigenvalue weighted by Crippen LogP contribution is -2.23. The zero-order valence-electron chi connectivity index (χ0n) is 17.2. The van der Waals surface area contributed by atoms with Gasteiger partial charge in [0.05, 0.1) is 11.4 Å². The van der Waals surface area contributed by atoms with Crippen LogP contribution in [0, 0.1) is 12.3 Å². The van der Waals surface area contributed by atoms with Crippen molar-refractivity contribution in [2.75, 3.05) is 0 Å². The van der Waals surface area contributed by atoms with Crippen LogP contribution in [-0.4, -0.2) is 33.8 Å². The first-order chi connectivity index (χ1) is 14.7. The first kappa shape index (κ1) is 19.9. The second-order valence-electron chi connectivity index (χ2n) is 7.32. The van der Waals surface area contributed by atoms with Crippen molar-refractivity contribution >= 4 is 19.0 Å². The third-order valence-corrected chi connectivity index (χ3v) is 5.52. The fourth-order valence-corrected chi connectivity index (χ4v) is 3.93. The topological polar surface area (TPSA) is 64.9 Å². The molecule has 1 saturated carbocycles. The van der Waals surface area contributed by atoms with Crippen LogP contribution in [0.5, 0.6) is 5.75 Å². The molecule has 30 heavy (non-hydrogen) atoms. The van der Waals surface area contributed by atoms with Crippen LogP contribution in [0.3, 0.4) is 0 Å². The molecule has 0 radical (unpaired) electrons. The standard InChI is InChI=1S/C23H24BN5O/c1-3-5-6-19(4-2)30-20-11-7-16(8-12-20)22-21-14-25-15-26-23(21)29(28-22)18-10-9-17(13-18)27-24/h1,4-8,11-12,14-15,17-18,27H,9-10,13,24H2,2H3/b6-5-,19-4+. The molecule has 150 valence electrons. The Balaban J connectivity index is 1.64. The third-order valence-electron chi connectivity index (χ3n) is 5.52. The third kappa shape index (κ3) is 4.00. The maximum atomic E-state index is 5.88. The molecule has 0 saturated heterocycles. The minimum atomic E-state index is 0.344. The van der Waals surface area contributed by atoms with Crippen LogP contribution in [0.4, 0.5) is 0 Å². The first-order valence-electron chi connectivity index (χ1n) is 10.2. The minimum Gasteiger partial charge on any atom is -0.458 e. The molecule has 7 heteroatoms. The van der Waals surface area contributed by atoms with Crippen molar-refractivity contribution in [1.29, 1.82) is 0 Å². The lowest BCUT2D eigenvalue weighted by atomic mass is 10.1. The Bertz CT molecular complexity index is 1130. The number of ether oxygens (including phenoxy) is 1. The molecule has 4 rings (SSSR count). The van der Waals surface area contributed by atoms with E-state index in [1.54, 1.807) is 18.5 Å². The summed E-state index contributed by atoms with van der Waals surface area (Å²) in [4.78, 5) is 8.77. The lowest BCUT2D eigenvalue weighted by Gasteiger charge is -2.12. The first-order valence-corrected chi connectivity index (χ1v) is 10.2. The molecule has 0 spiro atoms. The highest BCUT2D eigenvalue weighted by atomic mass is 16.5. The number of benzene rings is 1. The highest BCUT2D eigenvalue weighted by Crippen LogP contribution is 2.35. The molecule has 0 bridgehead atoms. The summed E-state index contributed by atoms with van der Waals surface area (Å²) in [6, 6.07) is 8.76. The van der Waals surface area contributed by atoms with Crippen molar-refractivity contribution in [2.24, 2.45) is 0 Å². The molecule has 0 aliphatic heterocycles. The lowest BCUT2D eigenvalue weighted by molar-refractivity contribution is 0.443. The van der Waals surface area contributed by atoms with Gasteiger partial charge in [0.25, 0.3) is 0 Å². The fraction of sp³-hybridized carbons (Fsp3) is 0.261. The van der Waals surface area contributed by atoms with Crippen LogP contribution < -0.4 is 9.96 Å². The van der Waals surface area contributed by atoms with Gasteiger partial charge in [-0.1, -0.05) is 5.92 Å². The summed E-state index contributed by atoms with van der Waals surface area (Å²) < 4.78 is 7.96. The number of aromatic nitrogens is 4. The van der Waals surface area contributed by atoms with Gasteiger partial charge in [0, 0.05) is 11.8 Å². The van der Waals surface area contributed by atoms with Crippen LogP contribution in [-0.2, 0) is 0 Å². The monoisotopic (exact) mass is 397 g/mol. The van der Waals surface area contributed by atoms with Gasteiger partial charge in [-0.05, 0) is 74.7 Å². The Hall–Kier alpha value is -3.37. The minimum absolute atomic E-state index is 0.344. The van der Waals surface area contributed by atoms with Crippen molar-refractivity contribution in [2.45, 2.75) is 38.3 Å². The van der Waals surface area contributed by atoms with E-state index in [1.807, 2.05) is 51.4 Å². The molecule has 1 aromatic carbocycles. The van der Waals surface area contributed by atoms with Crippen LogP contribution in [0.25, 0.3) is 22.3 Å². The average Bonchev–Trinajstić information content (AvgIpc) is 3.42. The van der Waals surface area contributed by atoms with E-state index in [0.717, 1.165) is 47.3 Å². The zero-order valence-corrected chi connectivity index (χ0v) is 17.2. The van der Waals surface area contributed by atoms with Crippen LogP contribution in [0.1, 0.15) is 32.2 Å². The van der Waals surface area contributed by atoms with Gasteiger partial charge in [0.1, 0.15) is 23.5 Å². The van der Waals surface area contributed by atoms with Crippen molar-refractivity contribution in [3.8, 4) is 29.4 Å². The zero-order chi connectivity index (χ0) is 20.9. The van der Waals surface area contributed by atoms with Gasteiger partial charge in [-0.2, -0.15) is 5.10 Å². The summed E-state index contributed by atoms with van der Waals surface area (Å²) >= 11 is 0. The normalized spacial score (nSPS) is 19.4. The van der Waals surface area contributed by atoms with Gasteiger partial charge in [-0.15, -0.1) is 6.42 Å². The SMILES string of the molecule is BNC1CCC(n2nc(-c3ccc(OC(/C=C\C#C)=C/C)cc3)c3cncnc32)C1. The molecule has 2 aromatic heterocycles. The summed E-state index contributed by atoms with van der Waals surface area (Å²) in [7, 11) is 2.02. The second-order valence-corrected chi connectivity index (χ2v) is 7.32. The van der Waals surface area contributed by atoms with Crippen LogP contribution in [0.15, 0.2) is 60.8 Å². The van der Waals surface area contributed by atoms with Crippen LogP contribution >= 0.6 is 0 Å². The Morgan fingerprint density at radius 2 is 2.17 bits per heavy atom. The van der Waals surface area contributed by atoms with Gasteiger partial charge in [-0.3, -0.25) is 0 Å². The molecule has 3 aromatic rings. The molecule has 0 amide bonds. The summed E-state index contributed by atoms with van der Waals surface area (Å²) in [5.41, 5.74) is 2.78. The predicted octanol–water partition coefficient (Wildman–Crippen LogP) is 3.20. The maximum absolute atomic E-state index is 5.88. The van der Waals surface area contributed by atoms with Gasteiger partial charge in [0.15, 0.2) is 13.6 Å². The quantitative estimate of drug-likeness (QED) is 0.300. The Labute approximate surface area is 177 Å². The maximum Gasteiger partial charge on any atom is 0.182 e. The summed E-state index contributed by atoms with van der Waals surface area (Å²) in [6.45, 7) is 1.91. The molecule has 2 atom stereocenters. The number of terminal acetylenes is 1. The van der Waals surface area contributed by atoms with E-state index in [2.05, 4.69) is 25.8 Å². The van der Waals surface area contributed by atoms with E-state index in [0.29, 0.717) is 17.8 Å².